The van der Waals surface area contributed by atoms with Crippen LogP contribution in [0.1, 0.15) is 19.3 Å². The summed E-state index contributed by atoms with van der Waals surface area (Å²) in [5.41, 5.74) is 12.5. The van der Waals surface area contributed by atoms with E-state index in [1.54, 1.807) is 24.6 Å². The molecule has 1 fully saturated rings. The molecule has 0 amide bonds. The number of nitrogens with two attached hydrogens (primary N) is 2. The molecular formula is C14H24N4. The van der Waals surface area contributed by atoms with E-state index in [-0.39, 0.29) is 18.1 Å². The highest BCUT2D eigenvalue weighted by molar-refractivity contribution is 5.70. The van der Waals surface area contributed by atoms with Gasteiger partial charge in [0.05, 0.1) is 6.04 Å². The average molecular weight is 248 g/mol. The van der Waals surface area contributed by atoms with E-state index in [9.17, 15) is 0 Å². The molecule has 1 aliphatic rings. The van der Waals surface area contributed by atoms with Crippen LogP contribution in [-0.2, 0) is 0 Å². The normalized spacial score (nSPS) is 33.7. The number of allylic oxidation sites excluding steroid dienone is 2. The molecule has 4 N–H and O–H groups in total. The first-order valence-electron chi connectivity index (χ1n) is 6.47. The van der Waals surface area contributed by atoms with Crippen molar-refractivity contribution in [2.75, 3.05) is 6.54 Å². The first-order chi connectivity index (χ1) is 8.70. The lowest BCUT2D eigenvalue weighted by Crippen LogP contribution is -2.51. The van der Waals surface area contributed by atoms with E-state index in [1.165, 1.54) is 0 Å². The summed E-state index contributed by atoms with van der Waals surface area (Å²) in [6.07, 6.45) is 9.93. The minimum absolute atomic E-state index is 0.0542. The van der Waals surface area contributed by atoms with Crippen molar-refractivity contribution in [1.82, 2.24) is 0 Å². The summed E-state index contributed by atoms with van der Waals surface area (Å²) in [7, 11) is 0. The van der Waals surface area contributed by atoms with Crippen molar-refractivity contribution in [1.29, 1.82) is 0 Å². The molecule has 0 aromatic heterocycles. The fraction of sp³-hybridized carbons (Fsp3) is 0.571. The predicted octanol–water partition coefficient (Wildman–Crippen LogP) is 1.32. The second kappa shape index (κ2) is 7.95. The Bertz CT molecular complexity index is 320. The van der Waals surface area contributed by atoms with Crippen LogP contribution in [0.2, 0.25) is 0 Å². The Labute approximate surface area is 110 Å². The largest absolute Gasteiger partial charge is 0.326 e. The minimum Gasteiger partial charge on any atom is -0.326 e. The lowest BCUT2D eigenvalue weighted by Gasteiger charge is -2.27. The highest BCUT2D eigenvalue weighted by Crippen LogP contribution is 2.24. The molecule has 18 heavy (non-hydrogen) atoms. The lowest BCUT2D eigenvalue weighted by atomic mass is 9.92. The fourth-order valence-corrected chi connectivity index (χ4v) is 2.37. The molecule has 0 spiro atoms. The zero-order valence-electron chi connectivity index (χ0n) is 10.9. The molecule has 4 nitrogen and oxygen atoms in total. The quantitative estimate of drug-likeness (QED) is 0.568. The van der Waals surface area contributed by atoms with Crippen molar-refractivity contribution in [3.05, 3.63) is 25.3 Å². The van der Waals surface area contributed by atoms with Crippen LogP contribution >= 0.6 is 0 Å². The van der Waals surface area contributed by atoms with Crippen LogP contribution in [0.15, 0.2) is 35.3 Å². The maximum atomic E-state index is 6.24. The molecule has 0 aromatic rings. The summed E-state index contributed by atoms with van der Waals surface area (Å²) in [5, 5.41) is 0. The van der Waals surface area contributed by atoms with Gasteiger partial charge in [-0.05, 0) is 18.8 Å². The Hall–Kier alpha value is -1.26. The fourth-order valence-electron chi connectivity index (χ4n) is 2.37. The highest BCUT2D eigenvalue weighted by Gasteiger charge is 2.31. The molecule has 1 saturated carbocycles. The summed E-state index contributed by atoms with van der Waals surface area (Å²) in [5.74, 6) is 0.333. The van der Waals surface area contributed by atoms with Crippen molar-refractivity contribution in [3.63, 3.8) is 0 Å². The molecule has 0 bridgehead atoms. The molecular weight excluding hydrogens is 224 g/mol. The second-order valence-electron chi connectivity index (χ2n) is 4.70. The van der Waals surface area contributed by atoms with E-state index in [4.69, 9.17) is 11.5 Å². The van der Waals surface area contributed by atoms with Gasteiger partial charge in [0.2, 0.25) is 0 Å². The third-order valence-corrected chi connectivity index (χ3v) is 3.44. The van der Waals surface area contributed by atoms with Gasteiger partial charge in [-0.15, -0.1) is 0 Å². The van der Waals surface area contributed by atoms with Crippen molar-refractivity contribution >= 4 is 12.4 Å². The SMILES string of the molecule is C=CC=NCC1CCCC(N=CC=C)C(N)C1N. The van der Waals surface area contributed by atoms with Gasteiger partial charge in [0, 0.05) is 31.1 Å². The van der Waals surface area contributed by atoms with Gasteiger partial charge in [-0.1, -0.05) is 31.7 Å². The molecule has 0 radical (unpaired) electrons. The van der Waals surface area contributed by atoms with Crippen molar-refractivity contribution in [2.45, 2.75) is 37.4 Å². The zero-order chi connectivity index (χ0) is 13.4. The number of hydrogen-bond donors (Lipinski definition) is 2. The van der Waals surface area contributed by atoms with Gasteiger partial charge in [-0.25, -0.2) is 0 Å². The van der Waals surface area contributed by atoms with Gasteiger partial charge in [0.25, 0.3) is 0 Å². The average Bonchev–Trinajstić information content (AvgIpc) is 2.50. The zero-order valence-corrected chi connectivity index (χ0v) is 10.9. The van der Waals surface area contributed by atoms with E-state index in [0.29, 0.717) is 5.92 Å². The molecule has 4 atom stereocenters. The van der Waals surface area contributed by atoms with E-state index < -0.39 is 0 Å². The summed E-state index contributed by atoms with van der Waals surface area (Å²) in [4.78, 5) is 8.72. The van der Waals surface area contributed by atoms with Crippen LogP contribution in [0.4, 0.5) is 0 Å². The molecule has 4 unspecified atom stereocenters. The highest BCUT2D eigenvalue weighted by atomic mass is 14.9. The third-order valence-electron chi connectivity index (χ3n) is 3.44. The molecule has 1 aliphatic carbocycles. The second-order valence-corrected chi connectivity index (χ2v) is 4.70. The van der Waals surface area contributed by atoms with Crippen LogP contribution in [0.5, 0.6) is 0 Å². The molecule has 100 valence electrons. The summed E-state index contributed by atoms with van der Waals surface area (Å²) in [6, 6.07) is -0.0551. The van der Waals surface area contributed by atoms with Crippen molar-refractivity contribution in [3.8, 4) is 0 Å². The maximum absolute atomic E-state index is 6.24. The van der Waals surface area contributed by atoms with Crippen molar-refractivity contribution < 1.29 is 0 Å². The number of aliphatic imine (C=N–C) groups is 2. The first kappa shape index (κ1) is 14.8. The Morgan fingerprint density at radius 1 is 1.06 bits per heavy atom. The lowest BCUT2D eigenvalue weighted by molar-refractivity contribution is 0.362. The number of hydrogen-bond acceptors (Lipinski definition) is 4. The molecule has 0 saturated heterocycles. The minimum atomic E-state index is -0.104. The monoisotopic (exact) mass is 248 g/mol. The summed E-state index contributed by atoms with van der Waals surface area (Å²) < 4.78 is 0. The number of nitrogens with zero attached hydrogens (tertiary/aromatic N) is 2. The van der Waals surface area contributed by atoms with Gasteiger partial charge in [-0.3, -0.25) is 9.98 Å². The van der Waals surface area contributed by atoms with E-state index >= 15 is 0 Å². The van der Waals surface area contributed by atoms with Crippen LogP contribution in [0.25, 0.3) is 0 Å². The molecule has 4 heteroatoms. The maximum Gasteiger partial charge on any atom is 0.0665 e. The van der Waals surface area contributed by atoms with Gasteiger partial charge < -0.3 is 11.5 Å². The van der Waals surface area contributed by atoms with Crippen LogP contribution < -0.4 is 11.5 Å². The Kier molecular flexibility index (Phi) is 6.54. The van der Waals surface area contributed by atoms with Crippen LogP contribution in [0, 0.1) is 5.92 Å². The van der Waals surface area contributed by atoms with Gasteiger partial charge in [0.1, 0.15) is 0 Å². The number of rotatable bonds is 5. The van der Waals surface area contributed by atoms with E-state index in [0.717, 1.165) is 25.8 Å². The van der Waals surface area contributed by atoms with E-state index in [1.807, 2.05) is 0 Å². The van der Waals surface area contributed by atoms with Crippen molar-refractivity contribution in [2.24, 2.45) is 27.4 Å². The van der Waals surface area contributed by atoms with Gasteiger partial charge in [-0.2, -0.15) is 0 Å². The smallest absolute Gasteiger partial charge is 0.0665 e. The van der Waals surface area contributed by atoms with Gasteiger partial charge >= 0.3 is 0 Å². The Balaban J connectivity index is 2.65. The summed E-state index contributed by atoms with van der Waals surface area (Å²) in [6.45, 7) is 7.96. The topological polar surface area (TPSA) is 76.8 Å². The van der Waals surface area contributed by atoms with Crippen LogP contribution in [-0.4, -0.2) is 37.1 Å². The van der Waals surface area contributed by atoms with Crippen LogP contribution in [0.3, 0.4) is 0 Å². The van der Waals surface area contributed by atoms with E-state index in [2.05, 4.69) is 23.1 Å². The summed E-state index contributed by atoms with van der Waals surface area (Å²) >= 11 is 0. The molecule has 1 rings (SSSR count). The molecule has 0 heterocycles. The Morgan fingerprint density at radius 2 is 1.78 bits per heavy atom. The third kappa shape index (κ3) is 4.20. The Morgan fingerprint density at radius 3 is 2.44 bits per heavy atom. The predicted molar refractivity (Wildman–Crippen MR) is 79.3 cm³/mol. The molecule has 0 aliphatic heterocycles. The standard InChI is InChI=1S/C14H24N4/c1-3-8-17-10-11-6-5-7-12(18-9-4-2)14(16)13(11)15/h3-4,8-9,11-14H,1-2,5-7,10,15-16H2. The molecule has 0 aromatic carbocycles. The first-order valence-corrected chi connectivity index (χ1v) is 6.47. The van der Waals surface area contributed by atoms with Gasteiger partial charge in [0.15, 0.2) is 0 Å².